The first-order valence-electron chi connectivity index (χ1n) is 7.18. The Balaban J connectivity index is 2.54. The van der Waals surface area contributed by atoms with E-state index in [1.807, 2.05) is 0 Å². The summed E-state index contributed by atoms with van der Waals surface area (Å²) in [6.07, 6.45) is 5.08. The molecule has 0 atom stereocenters. The zero-order chi connectivity index (χ0) is 15.6. The lowest BCUT2D eigenvalue weighted by Gasteiger charge is -2.25. The number of aryl methyl sites for hydroxylation is 1. The highest BCUT2D eigenvalue weighted by Crippen LogP contribution is 2.38. The highest BCUT2D eigenvalue weighted by atomic mass is 32.2. The van der Waals surface area contributed by atoms with Gasteiger partial charge in [0.25, 0.3) is 10.1 Å². The number of benzene rings is 1. The fourth-order valence-electron chi connectivity index (χ4n) is 2.98. The Labute approximate surface area is 125 Å². The summed E-state index contributed by atoms with van der Waals surface area (Å²) in [7, 11) is -4.26. The third-order valence-corrected chi connectivity index (χ3v) is 4.90. The van der Waals surface area contributed by atoms with Gasteiger partial charge in [-0.1, -0.05) is 19.3 Å². The molecule has 6 heteroatoms. The Morgan fingerprint density at radius 1 is 1.24 bits per heavy atom. The van der Waals surface area contributed by atoms with Crippen molar-refractivity contribution in [2.45, 2.75) is 56.8 Å². The Morgan fingerprint density at radius 2 is 1.86 bits per heavy atom. The van der Waals surface area contributed by atoms with Crippen molar-refractivity contribution in [3.8, 4) is 0 Å². The van der Waals surface area contributed by atoms with Crippen LogP contribution in [0.25, 0.3) is 0 Å². The van der Waals surface area contributed by atoms with Crippen LogP contribution in [0.5, 0.6) is 0 Å². The van der Waals surface area contributed by atoms with Crippen molar-refractivity contribution in [3.05, 3.63) is 23.3 Å². The van der Waals surface area contributed by atoms with Gasteiger partial charge in [-0.2, -0.15) is 8.42 Å². The quantitative estimate of drug-likeness (QED) is 0.839. The van der Waals surface area contributed by atoms with Gasteiger partial charge in [0.1, 0.15) is 0 Å². The molecule has 0 bridgehead atoms. The van der Waals surface area contributed by atoms with Gasteiger partial charge in [0, 0.05) is 12.6 Å². The summed E-state index contributed by atoms with van der Waals surface area (Å²) >= 11 is 0. The van der Waals surface area contributed by atoms with Gasteiger partial charge in [-0.25, -0.2) is 0 Å². The number of amides is 1. The van der Waals surface area contributed by atoms with Crippen LogP contribution in [0.3, 0.4) is 0 Å². The predicted molar refractivity (Wildman–Crippen MR) is 81.1 cm³/mol. The Kier molecular flexibility index (Phi) is 4.68. The molecule has 1 fully saturated rings. The average Bonchev–Trinajstić information content (AvgIpc) is 2.40. The van der Waals surface area contributed by atoms with E-state index in [1.165, 1.54) is 13.0 Å². The summed E-state index contributed by atoms with van der Waals surface area (Å²) < 4.78 is 32.8. The number of hydrogen-bond acceptors (Lipinski definition) is 3. The first-order chi connectivity index (χ1) is 9.79. The number of anilines is 1. The molecule has 2 N–H and O–H groups in total. The third kappa shape index (κ3) is 3.83. The van der Waals surface area contributed by atoms with E-state index in [2.05, 4.69) is 5.32 Å². The van der Waals surface area contributed by atoms with Crippen LogP contribution in [0.2, 0.25) is 0 Å². The minimum atomic E-state index is -4.26. The van der Waals surface area contributed by atoms with Crippen molar-refractivity contribution < 1.29 is 17.8 Å². The number of rotatable bonds is 3. The zero-order valence-electron chi connectivity index (χ0n) is 12.3. The molecule has 116 valence electrons. The number of carbonyl (C=O) groups is 1. The second-order valence-corrected chi connectivity index (χ2v) is 7.09. The maximum Gasteiger partial charge on any atom is 0.294 e. The molecule has 5 nitrogen and oxygen atoms in total. The van der Waals surface area contributed by atoms with Crippen LogP contribution >= 0.6 is 0 Å². The van der Waals surface area contributed by atoms with Gasteiger partial charge >= 0.3 is 0 Å². The first kappa shape index (κ1) is 16.0. The molecule has 1 aliphatic carbocycles. The van der Waals surface area contributed by atoms with Crippen LogP contribution in [0.15, 0.2) is 17.0 Å². The van der Waals surface area contributed by atoms with Gasteiger partial charge in [0.2, 0.25) is 5.91 Å². The molecule has 0 radical (unpaired) electrons. The van der Waals surface area contributed by atoms with E-state index in [9.17, 15) is 17.8 Å². The van der Waals surface area contributed by atoms with E-state index in [0.717, 1.165) is 32.1 Å². The van der Waals surface area contributed by atoms with Crippen LogP contribution in [0.4, 0.5) is 5.69 Å². The second kappa shape index (κ2) is 6.15. The summed E-state index contributed by atoms with van der Waals surface area (Å²) in [5.41, 5.74) is 1.85. The largest absolute Gasteiger partial charge is 0.326 e. The van der Waals surface area contributed by atoms with Crippen molar-refractivity contribution in [3.63, 3.8) is 0 Å². The molecule has 1 aliphatic rings. The van der Waals surface area contributed by atoms with E-state index >= 15 is 0 Å². The normalized spacial score (nSPS) is 16.7. The van der Waals surface area contributed by atoms with Crippen LogP contribution in [-0.2, 0) is 14.9 Å². The Bertz CT molecular complexity index is 646. The number of carbonyl (C=O) groups excluding carboxylic acids is 1. The molecule has 2 rings (SSSR count). The lowest BCUT2D eigenvalue weighted by molar-refractivity contribution is -0.114. The standard InChI is InChI=1S/C15H21NO4S/c1-10-8-15(21(18,19)20)13(9-14(10)16-11(2)17)12-6-4-3-5-7-12/h8-9,12H,3-7H2,1-2H3,(H,16,17)(H,18,19,20). The molecule has 0 aliphatic heterocycles. The monoisotopic (exact) mass is 311 g/mol. The smallest absolute Gasteiger partial charge is 0.294 e. The molecule has 0 unspecified atom stereocenters. The summed E-state index contributed by atoms with van der Waals surface area (Å²) in [6, 6.07) is 3.15. The maximum absolute atomic E-state index is 11.7. The summed E-state index contributed by atoms with van der Waals surface area (Å²) in [6.45, 7) is 3.13. The van der Waals surface area contributed by atoms with Crippen LogP contribution in [-0.4, -0.2) is 18.9 Å². The van der Waals surface area contributed by atoms with Crippen molar-refractivity contribution >= 4 is 21.7 Å². The Hall–Kier alpha value is -1.40. The second-order valence-electron chi connectivity index (χ2n) is 5.70. The number of hydrogen-bond donors (Lipinski definition) is 2. The summed E-state index contributed by atoms with van der Waals surface area (Å²) in [5.74, 6) is -0.0870. The first-order valence-corrected chi connectivity index (χ1v) is 8.62. The molecule has 1 saturated carbocycles. The fourth-order valence-corrected chi connectivity index (χ4v) is 3.83. The highest BCUT2D eigenvalue weighted by molar-refractivity contribution is 7.85. The summed E-state index contributed by atoms with van der Waals surface area (Å²) in [5, 5.41) is 2.72. The minimum absolute atomic E-state index is 0.0268. The van der Waals surface area contributed by atoms with Crippen molar-refractivity contribution in [2.75, 3.05) is 5.32 Å². The molecule has 0 aromatic heterocycles. The van der Waals surface area contributed by atoms with Crippen molar-refractivity contribution in [2.24, 2.45) is 0 Å². The van der Waals surface area contributed by atoms with Gasteiger partial charge < -0.3 is 5.32 Å². The van der Waals surface area contributed by atoms with Gasteiger partial charge in [-0.05, 0) is 48.9 Å². The van der Waals surface area contributed by atoms with E-state index in [1.54, 1.807) is 13.0 Å². The summed E-state index contributed by atoms with van der Waals surface area (Å²) in [4.78, 5) is 11.2. The van der Waals surface area contributed by atoms with E-state index < -0.39 is 10.1 Å². The molecule has 0 spiro atoms. The zero-order valence-corrected chi connectivity index (χ0v) is 13.2. The van der Waals surface area contributed by atoms with Gasteiger partial charge in [0.15, 0.2) is 0 Å². The van der Waals surface area contributed by atoms with E-state index in [0.29, 0.717) is 16.8 Å². The van der Waals surface area contributed by atoms with Gasteiger partial charge in [-0.3, -0.25) is 9.35 Å². The van der Waals surface area contributed by atoms with Gasteiger partial charge in [-0.15, -0.1) is 0 Å². The van der Waals surface area contributed by atoms with E-state index in [4.69, 9.17) is 0 Å². The SMILES string of the molecule is CC(=O)Nc1cc(C2CCCCC2)c(S(=O)(=O)O)cc1C. The molecule has 0 saturated heterocycles. The number of nitrogens with one attached hydrogen (secondary N) is 1. The van der Waals surface area contributed by atoms with Crippen LogP contribution < -0.4 is 5.32 Å². The van der Waals surface area contributed by atoms with Gasteiger partial charge in [0.05, 0.1) is 4.90 Å². The predicted octanol–water partition coefficient (Wildman–Crippen LogP) is 3.25. The lowest BCUT2D eigenvalue weighted by atomic mass is 9.83. The molecular formula is C15H21NO4S. The molecule has 1 aromatic carbocycles. The van der Waals surface area contributed by atoms with Crippen LogP contribution in [0.1, 0.15) is 56.1 Å². The molecule has 21 heavy (non-hydrogen) atoms. The minimum Gasteiger partial charge on any atom is -0.326 e. The Morgan fingerprint density at radius 3 is 2.38 bits per heavy atom. The molecule has 0 heterocycles. The molecule has 1 aromatic rings. The molecular weight excluding hydrogens is 290 g/mol. The fraction of sp³-hybridized carbons (Fsp3) is 0.533. The van der Waals surface area contributed by atoms with Crippen molar-refractivity contribution in [1.29, 1.82) is 0 Å². The molecule has 1 amide bonds. The van der Waals surface area contributed by atoms with Crippen molar-refractivity contribution in [1.82, 2.24) is 0 Å². The van der Waals surface area contributed by atoms with Crippen LogP contribution in [0, 0.1) is 6.92 Å². The lowest BCUT2D eigenvalue weighted by Crippen LogP contribution is -2.14. The highest BCUT2D eigenvalue weighted by Gasteiger charge is 2.25. The third-order valence-electron chi connectivity index (χ3n) is 3.99. The average molecular weight is 311 g/mol. The topological polar surface area (TPSA) is 83.5 Å². The van der Waals surface area contributed by atoms with E-state index in [-0.39, 0.29) is 16.7 Å². The maximum atomic E-state index is 11.7.